The lowest BCUT2D eigenvalue weighted by atomic mass is 10.1. The summed E-state index contributed by atoms with van der Waals surface area (Å²) in [6.07, 6.45) is 4.06. The van der Waals surface area contributed by atoms with Crippen LogP contribution >= 0.6 is 0 Å². The molecule has 0 radical (unpaired) electrons. The molecule has 0 bridgehead atoms. The third-order valence-electron chi connectivity index (χ3n) is 3.26. The predicted octanol–water partition coefficient (Wildman–Crippen LogP) is 2.13. The first-order valence-corrected chi connectivity index (χ1v) is 7.34. The van der Waals surface area contributed by atoms with E-state index in [0.717, 1.165) is 31.6 Å². The van der Waals surface area contributed by atoms with E-state index in [2.05, 4.69) is 35.7 Å². The first kappa shape index (κ1) is 23.4. The van der Waals surface area contributed by atoms with Gasteiger partial charge in [0.2, 0.25) is 0 Å². The Bertz CT molecular complexity index is 414. The Labute approximate surface area is 139 Å². The third-order valence-corrected chi connectivity index (χ3v) is 3.26. The number of nitrogens with one attached hydrogen (secondary N) is 1. The molecule has 8 N–H and O–H groups in total. The molecule has 6 heteroatoms. The highest BCUT2D eigenvalue weighted by Crippen LogP contribution is 2.12. The lowest BCUT2D eigenvalue weighted by molar-refractivity contribution is -0.180. The van der Waals surface area contributed by atoms with Crippen molar-refractivity contribution in [1.29, 1.82) is 0 Å². The summed E-state index contributed by atoms with van der Waals surface area (Å²) in [5.74, 6) is 0. The Kier molecular flexibility index (Phi) is 14.0. The second kappa shape index (κ2) is 13.8. The molecule has 0 atom stereocenters. The summed E-state index contributed by atoms with van der Waals surface area (Å²) in [5.41, 5.74) is 7.65. The average molecular weight is 324 g/mol. The predicted molar refractivity (Wildman–Crippen MR) is 96.8 cm³/mol. The zero-order valence-electron chi connectivity index (χ0n) is 14.1. The van der Waals surface area contributed by atoms with Crippen molar-refractivity contribution < 1.29 is 10.3 Å². The Morgan fingerprint density at radius 1 is 1.30 bits per heavy atom. The van der Waals surface area contributed by atoms with Crippen LogP contribution in [0, 0.1) is 0 Å². The van der Waals surface area contributed by atoms with Crippen LogP contribution in [0.5, 0.6) is 0 Å². The van der Waals surface area contributed by atoms with Gasteiger partial charge in [-0.3, -0.25) is 4.84 Å². The normalized spacial score (nSPS) is 15.4. The second-order valence-electron chi connectivity index (χ2n) is 5.02. The third kappa shape index (κ3) is 9.70. The highest BCUT2D eigenvalue weighted by Gasteiger charge is 2.18. The minimum Gasteiger partial charge on any atom is -0.412 e. The lowest BCUT2D eigenvalue weighted by Gasteiger charge is -2.31. The van der Waals surface area contributed by atoms with Gasteiger partial charge in [0.05, 0.1) is 6.61 Å². The van der Waals surface area contributed by atoms with Gasteiger partial charge in [0.1, 0.15) is 0 Å². The van der Waals surface area contributed by atoms with Crippen LogP contribution < -0.4 is 17.2 Å². The molecule has 1 saturated heterocycles. The van der Waals surface area contributed by atoms with E-state index in [0.29, 0.717) is 12.6 Å². The summed E-state index contributed by atoms with van der Waals surface area (Å²) in [6.45, 7) is 10.5. The minimum atomic E-state index is 0. The van der Waals surface area contributed by atoms with Crippen LogP contribution in [0.2, 0.25) is 0 Å². The van der Waals surface area contributed by atoms with Crippen LogP contribution in [0.3, 0.4) is 0 Å². The Morgan fingerprint density at radius 2 is 1.87 bits per heavy atom. The average Bonchev–Trinajstić information content (AvgIpc) is 2.55. The molecule has 132 valence electrons. The summed E-state index contributed by atoms with van der Waals surface area (Å²) in [6, 6.07) is 10.8. The molecule has 6 nitrogen and oxygen atoms in total. The van der Waals surface area contributed by atoms with E-state index >= 15 is 0 Å². The van der Waals surface area contributed by atoms with Crippen molar-refractivity contribution in [3.63, 3.8) is 0 Å². The molecule has 0 amide bonds. The smallest absolute Gasteiger partial charge is 0.0935 e. The number of benzene rings is 1. The Morgan fingerprint density at radius 3 is 2.39 bits per heavy atom. The standard InChI is InChI=1S/C15H23N3O.C2H4.H3N.H2O/c1-13(16)11-17-15-7-9-18(10-8-15)19-12-14-5-3-2-4-6-14;1-2;;/h2-6,11,15,17H,7-10,12,16H2,1H3;1-2H2;1H3;1H2. The molecular formula is C17H32N4O2. The number of nitrogens with zero attached hydrogens (tertiary/aromatic N) is 1. The maximum Gasteiger partial charge on any atom is 0.0935 e. The molecule has 1 aliphatic rings. The van der Waals surface area contributed by atoms with Crippen molar-refractivity contribution in [2.45, 2.75) is 32.4 Å². The van der Waals surface area contributed by atoms with Crippen LogP contribution in [0.4, 0.5) is 0 Å². The van der Waals surface area contributed by atoms with Gasteiger partial charge in [0, 0.05) is 31.0 Å². The largest absolute Gasteiger partial charge is 0.412 e. The zero-order chi connectivity index (χ0) is 15.5. The molecule has 1 heterocycles. The van der Waals surface area contributed by atoms with Crippen LogP contribution in [0.15, 0.2) is 55.4 Å². The molecule has 23 heavy (non-hydrogen) atoms. The summed E-state index contributed by atoms with van der Waals surface area (Å²) in [5, 5.41) is 5.41. The van der Waals surface area contributed by atoms with Crippen molar-refractivity contribution in [2.24, 2.45) is 5.73 Å². The van der Waals surface area contributed by atoms with Gasteiger partial charge in [-0.25, -0.2) is 0 Å². The quantitative estimate of drug-likeness (QED) is 0.717. The number of hydroxylamine groups is 2. The van der Waals surface area contributed by atoms with E-state index in [-0.39, 0.29) is 11.6 Å². The molecule has 1 aromatic carbocycles. The number of allylic oxidation sites excluding steroid dienone is 1. The molecule has 0 unspecified atom stereocenters. The molecule has 0 saturated carbocycles. The second-order valence-corrected chi connectivity index (χ2v) is 5.02. The van der Waals surface area contributed by atoms with Gasteiger partial charge in [-0.15, -0.1) is 13.2 Å². The van der Waals surface area contributed by atoms with Gasteiger partial charge in [-0.2, -0.15) is 5.06 Å². The molecule has 0 spiro atoms. The lowest BCUT2D eigenvalue weighted by Crippen LogP contribution is -2.40. The van der Waals surface area contributed by atoms with Crippen molar-refractivity contribution in [3.05, 3.63) is 61.0 Å². The van der Waals surface area contributed by atoms with Crippen molar-refractivity contribution in [1.82, 2.24) is 16.5 Å². The van der Waals surface area contributed by atoms with E-state index in [4.69, 9.17) is 10.6 Å². The topological polar surface area (TPSA) is 117 Å². The van der Waals surface area contributed by atoms with Crippen LogP contribution in [-0.2, 0) is 11.4 Å². The number of rotatable bonds is 5. The van der Waals surface area contributed by atoms with E-state index in [9.17, 15) is 0 Å². The number of piperidine rings is 1. The molecule has 0 aliphatic carbocycles. The van der Waals surface area contributed by atoms with Gasteiger partial charge in [-0.05, 0) is 25.3 Å². The number of nitrogens with two attached hydrogens (primary N) is 1. The summed E-state index contributed by atoms with van der Waals surface area (Å²) >= 11 is 0. The summed E-state index contributed by atoms with van der Waals surface area (Å²) < 4.78 is 0. The first-order chi connectivity index (χ1) is 10.2. The Hall–Kier alpha value is -1.86. The maximum atomic E-state index is 5.81. The highest BCUT2D eigenvalue weighted by atomic mass is 16.7. The monoisotopic (exact) mass is 324 g/mol. The van der Waals surface area contributed by atoms with E-state index < -0.39 is 0 Å². The number of hydrogen-bond donors (Lipinski definition) is 3. The van der Waals surface area contributed by atoms with Gasteiger partial charge in [-0.1, -0.05) is 30.3 Å². The highest BCUT2D eigenvalue weighted by molar-refractivity contribution is 5.13. The molecule has 1 fully saturated rings. The van der Waals surface area contributed by atoms with Crippen LogP contribution in [-0.4, -0.2) is 29.7 Å². The van der Waals surface area contributed by atoms with Crippen molar-refractivity contribution in [2.75, 3.05) is 13.1 Å². The fraction of sp³-hybridized carbons (Fsp3) is 0.412. The minimum absolute atomic E-state index is 0. The van der Waals surface area contributed by atoms with Crippen molar-refractivity contribution in [3.8, 4) is 0 Å². The SMILES string of the molecule is C=C.CC(N)=CNC1CCN(OCc2ccccc2)CC1.N.O. The van der Waals surface area contributed by atoms with Gasteiger partial charge in [0.15, 0.2) is 0 Å². The van der Waals surface area contributed by atoms with E-state index in [1.807, 2.05) is 31.3 Å². The van der Waals surface area contributed by atoms with Gasteiger partial charge in [0.25, 0.3) is 0 Å². The molecular weight excluding hydrogens is 292 g/mol. The fourth-order valence-electron chi connectivity index (χ4n) is 2.14. The first-order valence-electron chi connectivity index (χ1n) is 7.34. The summed E-state index contributed by atoms with van der Waals surface area (Å²) in [4.78, 5) is 5.81. The maximum absolute atomic E-state index is 5.81. The zero-order valence-corrected chi connectivity index (χ0v) is 14.1. The number of hydrogen-bond acceptors (Lipinski definition) is 5. The van der Waals surface area contributed by atoms with Gasteiger partial charge >= 0.3 is 0 Å². The van der Waals surface area contributed by atoms with Crippen LogP contribution in [0.25, 0.3) is 0 Å². The van der Waals surface area contributed by atoms with Gasteiger partial charge < -0.3 is 22.7 Å². The van der Waals surface area contributed by atoms with E-state index in [1.54, 1.807) is 0 Å². The molecule has 0 aromatic heterocycles. The van der Waals surface area contributed by atoms with Crippen LogP contribution in [0.1, 0.15) is 25.3 Å². The van der Waals surface area contributed by atoms with E-state index in [1.165, 1.54) is 5.56 Å². The molecule has 1 aliphatic heterocycles. The fourth-order valence-corrected chi connectivity index (χ4v) is 2.14. The molecule has 1 aromatic rings. The van der Waals surface area contributed by atoms with Crippen molar-refractivity contribution >= 4 is 0 Å². The Balaban J connectivity index is 0. The molecule has 2 rings (SSSR count). The summed E-state index contributed by atoms with van der Waals surface area (Å²) in [7, 11) is 0.